The molecule has 0 fully saturated rings. The summed E-state index contributed by atoms with van der Waals surface area (Å²) in [5.41, 5.74) is 2.13. The smallest absolute Gasteiger partial charge is 0.267 e. The lowest BCUT2D eigenvalue weighted by Crippen LogP contribution is -2.50. The Labute approximate surface area is 152 Å². The van der Waals surface area contributed by atoms with E-state index in [0.717, 1.165) is 11.1 Å². The average molecular weight is 344 g/mol. The second kappa shape index (κ2) is 6.06. The summed E-state index contributed by atoms with van der Waals surface area (Å²) in [7, 11) is 0. The van der Waals surface area contributed by atoms with Crippen LogP contribution in [0, 0.1) is 12.3 Å². The van der Waals surface area contributed by atoms with Crippen LogP contribution in [-0.2, 0) is 9.59 Å². The van der Waals surface area contributed by atoms with E-state index in [1.807, 2.05) is 67.6 Å². The van der Waals surface area contributed by atoms with E-state index in [-0.39, 0.29) is 17.6 Å². The third kappa shape index (κ3) is 2.25. The molecule has 2 atom stereocenters. The molecule has 0 saturated carbocycles. The molecule has 130 valence electrons. The maximum Gasteiger partial charge on any atom is 0.267 e. The second-order valence-corrected chi connectivity index (χ2v) is 6.91. The highest BCUT2D eigenvalue weighted by atomic mass is 16.2. The number of aryl methyl sites for hydroxylation is 1. The monoisotopic (exact) mass is 344 g/mol. The molecule has 1 aliphatic carbocycles. The molecule has 0 aromatic heterocycles. The van der Waals surface area contributed by atoms with Crippen molar-refractivity contribution in [3.05, 3.63) is 77.9 Å². The Morgan fingerprint density at radius 1 is 1.00 bits per heavy atom. The van der Waals surface area contributed by atoms with Gasteiger partial charge in [-0.25, -0.2) is 0 Å². The number of rotatable bonds is 2. The Bertz CT molecular complexity index is 928. The first-order chi connectivity index (χ1) is 12.5. The highest BCUT2D eigenvalue weighted by Gasteiger charge is 2.60. The molecule has 1 aliphatic heterocycles. The normalized spacial score (nSPS) is 25.1. The first kappa shape index (κ1) is 16.5. The van der Waals surface area contributed by atoms with Crippen LogP contribution in [-0.4, -0.2) is 17.4 Å². The second-order valence-electron chi connectivity index (χ2n) is 6.91. The number of para-hydroxylation sites is 1. The Hall–Kier alpha value is -3.01. The molecule has 0 N–H and O–H groups in total. The van der Waals surface area contributed by atoms with Crippen molar-refractivity contribution < 1.29 is 9.59 Å². The van der Waals surface area contributed by atoms with Gasteiger partial charge < -0.3 is 0 Å². The van der Waals surface area contributed by atoms with Crippen molar-refractivity contribution in [3.8, 4) is 0 Å². The van der Waals surface area contributed by atoms with Crippen molar-refractivity contribution in [1.29, 1.82) is 0 Å². The summed E-state index contributed by atoms with van der Waals surface area (Å²) < 4.78 is 0. The number of allylic oxidation sites excluding steroid dienone is 2. The zero-order chi connectivity index (χ0) is 18.3. The molecule has 4 heteroatoms. The number of nitrogens with zero attached hydrogens (tertiary/aromatic N) is 2. The lowest BCUT2D eigenvalue weighted by atomic mass is 9.62. The van der Waals surface area contributed by atoms with Gasteiger partial charge in [0.15, 0.2) is 11.2 Å². The summed E-state index contributed by atoms with van der Waals surface area (Å²) in [6.45, 7) is 3.81. The Kier molecular flexibility index (Phi) is 3.83. The van der Waals surface area contributed by atoms with Gasteiger partial charge in [0.25, 0.3) is 5.91 Å². The fraction of sp³-hybridized carbons (Fsp3) is 0.227. The highest BCUT2D eigenvalue weighted by molar-refractivity contribution is 6.34. The molecule has 26 heavy (non-hydrogen) atoms. The van der Waals surface area contributed by atoms with E-state index in [2.05, 4.69) is 5.10 Å². The van der Waals surface area contributed by atoms with Crippen LogP contribution in [0.4, 0.5) is 5.69 Å². The van der Waals surface area contributed by atoms with Crippen LogP contribution in [0.5, 0.6) is 0 Å². The minimum absolute atomic E-state index is 0.181. The van der Waals surface area contributed by atoms with E-state index in [4.69, 9.17) is 0 Å². The first-order valence-corrected chi connectivity index (χ1v) is 8.78. The van der Waals surface area contributed by atoms with Gasteiger partial charge in [0.05, 0.1) is 11.4 Å². The molecule has 1 spiro atoms. The summed E-state index contributed by atoms with van der Waals surface area (Å²) in [6, 6.07) is 17.3. The van der Waals surface area contributed by atoms with E-state index >= 15 is 0 Å². The minimum Gasteiger partial charge on any atom is -0.293 e. The summed E-state index contributed by atoms with van der Waals surface area (Å²) in [4.78, 5) is 26.6. The number of hydrogen-bond donors (Lipinski definition) is 0. The molecule has 2 aliphatic rings. The van der Waals surface area contributed by atoms with Gasteiger partial charge in [0.1, 0.15) is 0 Å². The molecule has 4 rings (SSSR count). The van der Waals surface area contributed by atoms with E-state index in [1.165, 1.54) is 11.1 Å². The SMILES string of the molecule is CC1=NN(c2ccccc2)C(=O)[C@@]12C(=O)C=CC[C@H]2c1ccc(C)cc1. The van der Waals surface area contributed by atoms with Gasteiger partial charge in [0.2, 0.25) is 0 Å². The average Bonchev–Trinajstić information content (AvgIpc) is 2.91. The fourth-order valence-corrected chi connectivity index (χ4v) is 4.00. The summed E-state index contributed by atoms with van der Waals surface area (Å²) >= 11 is 0. The Morgan fingerprint density at radius 2 is 1.69 bits per heavy atom. The van der Waals surface area contributed by atoms with Gasteiger partial charge in [-0.05, 0) is 44.0 Å². The third-order valence-corrected chi connectivity index (χ3v) is 5.38. The van der Waals surface area contributed by atoms with Crippen LogP contribution in [0.25, 0.3) is 0 Å². The number of anilines is 1. The zero-order valence-electron chi connectivity index (χ0n) is 14.8. The summed E-state index contributed by atoms with van der Waals surface area (Å²) in [5.74, 6) is -0.689. The van der Waals surface area contributed by atoms with E-state index in [1.54, 1.807) is 6.92 Å². The standard InChI is InChI=1S/C22H20N2O2/c1-15-11-13-17(14-12-15)19-9-6-10-20(25)22(19)16(2)23-24(21(22)26)18-7-4-3-5-8-18/h3-8,10-14,19H,9H2,1-2H3/t19-,22-/m0/s1. The van der Waals surface area contributed by atoms with Gasteiger partial charge in [-0.3, -0.25) is 9.59 Å². The largest absolute Gasteiger partial charge is 0.293 e. The molecule has 0 radical (unpaired) electrons. The summed E-state index contributed by atoms with van der Waals surface area (Å²) in [5, 5.41) is 5.89. The van der Waals surface area contributed by atoms with Crippen LogP contribution in [0.2, 0.25) is 0 Å². The molecule has 0 saturated heterocycles. The van der Waals surface area contributed by atoms with Crippen molar-refractivity contribution >= 4 is 23.1 Å². The minimum atomic E-state index is -1.25. The van der Waals surface area contributed by atoms with Crippen molar-refractivity contribution in [3.63, 3.8) is 0 Å². The third-order valence-electron chi connectivity index (χ3n) is 5.38. The van der Waals surface area contributed by atoms with Crippen molar-refractivity contribution in [1.82, 2.24) is 0 Å². The van der Waals surface area contributed by atoms with Gasteiger partial charge in [-0.1, -0.05) is 54.1 Å². The number of carbonyl (C=O) groups is 2. The molecule has 0 unspecified atom stereocenters. The van der Waals surface area contributed by atoms with Gasteiger partial charge in [-0.2, -0.15) is 10.1 Å². The number of benzene rings is 2. The molecule has 2 aromatic carbocycles. The van der Waals surface area contributed by atoms with Gasteiger partial charge in [0, 0.05) is 5.92 Å². The van der Waals surface area contributed by atoms with Crippen LogP contribution < -0.4 is 5.01 Å². The van der Waals surface area contributed by atoms with Crippen molar-refractivity contribution in [2.75, 3.05) is 5.01 Å². The quantitative estimate of drug-likeness (QED) is 0.773. The van der Waals surface area contributed by atoms with E-state index < -0.39 is 5.41 Å². The predicted molar refractivity (Wildman–Crippen MR) is 102 cm³/mol. The lowest BCUT2D eigenvalue weighted by Gasteiger charge is -2.36. The van der Waals surface area contributed by atoms with E-state index in [0.29, 0.717) is 17.8 Å². The van der Waals surface area contributed by atoms with E-state index in [9.17, 15) is 9.59 Å². The molecule has 4 nitrogen and oxygen atoms in total. The maximum absolute atomic E-state index is 13.5. The molecular formula is C22H20N2O2. The van der Waals surface area contributed by atoms with Crippen molar-refractivity contribution in [2.24, 2.45) is 10.5 Å². The lowest BCUT2D eigenvalue weighted by molar-refractivity contribution is -0.134. The number of ketones is 1. The molecule has 1 heterocycles. The van der Waals surface area contributed by atoms with Gasteiger partial charge >= 0.3 is 0 Å². The van der Waals surface area contributed by atoms with Gasteiger partial charge in [-0.15, -0.1) is 0 Å². The number of hydrogen-bond acceptors (Lipinski definition) is 3. The Balaban J connectivity index is 1.85. The first-order valence-electron chi connectivity index (χ1n) is 8.78. The zero-order valence-corrected chi connectivity index (χ0v) is 14.8. The maximum atomic E-state index is 13.5. The van der Waals surface area contributed by atoms with Crippen molar-refractivity contribution in [2.45, 2.75) is 26.2 Å². The highest BCUT2D eigenvalue weighted by Crippen LogP contribution is 2.48. The molecular weight excluding hydrogens is 324 g/mol. The van der Waals surface area contributed by atoms with Crippen LogP contribution >= 0.6 is 0 Å². The summed E-state index contributed by atoms with van der Waals surface area (Å²) in [6.07, 6.45) is 4.04. The number of carbonyl (C=O) groups excluding carboxylic acids is 2. The number of hydrazone groups is 1. The molecule has 0 bridgehead atoms. The molecule has 1 amide bonds. The fourth-order valence-electron chi connectivity index (χ4n) is 4.00. The Morgan fingerprint density at radius 3 is 2.38 bits per heavy atom. The van der Waals surface area contributed by atoms with Crippen LogP contribution in [0.15, 0.2) is 71.9 Å². The molecule has 2 aromatic rings. The predicted octanol–water partition coefficient (Wildman–Crippen LogP) is 4.02. The topological polar surface area (TPSA) is 49.7 Å². The van der Waals surface area contributed by atoms with Crippen LogP contribution in [0.1, 0.15) is 30.4 Å². The number of amides is 1. The van der Waals surface area contributed by atoms with Crippen LogP contribution in [0.3, 0.4) is 0 Å².